The fourth-order valence-electron chi connectivity index (χ4n) is 7.23. The molecule has 6 aromatic carbocycles. The van der Waals surface area contributed by atoms with Gasteiger partial charge in [-0.05, 0) is 83.2 Å². The number of unbranched alkanes of at least 4 members (excludes halogenated alkanes) is 1. The zero-order valence-electron chi connectivity index (χ0n) is 31.9. The SMILES string of the molecule is C=C/C=C\c1ccc(-c2ccc(N(/C=C/CC(C=C)/C=C/CCC=C)c3ccccc3-c3cccc4c3oc3c5ccccc5ccc43)cc2)cc1/C=C\C=C. The van der Waals surface area contributed by atoms with E-state index in [9.17, 15) is 0 Å². The van der Waals surface area contributed by atoms with Crippen LogP contribution in [0.4, 0.5) is 11.4 Å². The van der Waals surface area contributed by atoms with Crippen molar-refractivity contribution in [3.63, 3.8) is 0 Å². The molecule has 274 valence electrons. The molecule has 2 nitrogen and oxygen atoms in total. The highest BCUT2D eigenvalue weighted by Gasteiger charge is 2.19. The second-order valence-electron chi connectivity index (χ2n) is 13.7. The molecule has 7 rings (SSSR count). The lowest BCUT2D eigenvalue weighted by Crippen LogP contribution is -2.10. The summed E-state index contributed by atoms with van der Waals surface area (Å²) in [5, 5.41) is 4.51. The first-order valence-corrected chi connectivity index (χ1v) is 19.2. The standard InChI is InChI=1S/C54H47NO/c1-5-9-12-13-20-40(8-4)21-19-38-55(46-35-32-42(33-36-46)45-31-30-41(22-10-6-2)44(39-45)23-11-7-3)52-29-17-16-26-48(52)49-27-18-28-50-51-37-34-43-24-14-15-25-47(43)53(51)56-54(49)50/h5-8,10-11,13-20,22-40H,1-4,9,12,21H2/b20-13+,22-10-,23-11-,38-19+. The summed E-state index contributed by atoms with van der Waals surface area (Å²) in [6, 6.07) is 43.2. The van der Waals surface area contributed by atoms with Crippen molar-refractivity contribution in [3.8, 4) is 22.3 Å². The average Bonchev–Trinajstić information content (AvgIpc) is 3.64. The maximum Gasteiger partial charge on any atom is 0.143 e. The summed E-state index contributed by atoms with van der Waals surface area (Å²) >= 11 is 0. The molecule has 0 radical (unpaired) electrons. The Morgan fingerprint density at radius 1 is 0.589 bits per heavy atom. The maximum atomic E-state index is 6.82. The quantitative estimate of drug-likeness (QED) is 0.0560. The second-order valence-corrected chi connectivity index (χ2v) is 13.7. The van der Waals surface area contributed by atoms with Gasteiger partial charge in [-0.15, -0.1) is 13.2 Å². The molecule has 1 unspecified atom stereocenters. The van der Waals surface area contributed by atoms with Gasteiger partial charge in [-0.3, -0.25) is 0 Å². The zero-order chi connectivity index (χ0) is 38.7. The van der Waals surface area contributed by atoms with Crippen molar-refractivity contribution >= 4 is 56.2 Å². The first kappa shape index (κ1) is 37.4. The van der Waals surface area contributed by atoms with Gasteiger partial charge >= 0.3 is 0 Å². The lowest BCUT2D eigenvalue weighted by atomic mass is 9.97. The normalized spacial score (nSPS) is 12.4. The molecule has 0 saturated carbocycles. The summed E-state index contributed by atoms with van der Waals surface area (Å²) in [6.45, 7) is 15.7. The summed E-state index contributed by atoms with van der Waals surface area (Å²) in [5.74, 6) is 0.225. The van der Waals surface area contributed by atoms with Gasteiger partial charge < -0.3 is 9.32 Å². The highest BCUT2D eigenvalue weighted by Crippen LogP contribution is 2.43. The molecule has 2 heteroatoms. The van der Waals surface area contributed by atoms with E-state index in [0.717, 1.165) is 91.3 Å². The molecule has 0 fully saturated rings. The van der Waals surface area contributed by atoms with E-state index in [0.29, 0.717) is 0 Å². The van der Waals surface area contributed by atoms with Gasteiger partial charge in [-0.1, -0.05) is 171 Å². The lowest BCUT2D eigenvalue weighted by molar-refractivity contribution is 0.674. The van der Waals surface area contributed by atoms with Gasteiger partial charge in [0.1, 0.15) is 11.2 Å². The second kappa shape index (κ2) is 18.0. The molecule has 0 amide bonds. The Hall–Kier alpha value is -6.90. The van der Waals surface area contributed by atoms with E-state index >= 15 is 0 Å². The maximum absolute atomic E-state index is 6.82. The van der Waals surface area contributed by atoms with Gasteiger partial charge in [0.2, 0.25) is 0 Å². The smallest absolute Gasteiger partial charge is 0.143 e. The molecular weight excluding hydrogens is 679 g/mol. The predicted octanol–water partition coefficient (Wildman–Crippen LogP) is 15.8. The minimum Gasteiger partial charge on any atom is -0.455 e. The van der Waals surface area contributed by atoms with Gasteiger partial charge in [0.05, 0.1) is 5.69 Å². The molecule has 0 bridgehead atoms. The summed E-state index contributed by atoms with van der Waals surface area (Å²) in [5.41, 5.74) is 10.6. The largest absolute Gasteiger partial charge is 0.455 e. The van der Waals surface area contributed by atoms with Crippen molar-refractivity contribution < 1.29 is 4.42 Å². The van der Waals surface area contributed by atoms with Crippen LogP contribution in [0.3, 0.4) is 0 Å². The molecule has 1 heterocycles. The zero-order valence-corrected chi connectivity index (χ0v) is 31.9. The third-order valence-electron chi connectivity index (χ3n) is 10.1. The van der Waals surface area contributed by atoms with E-state index in [1.54, 1.807) is 12.2 Å². The molecule has 0 aliphatic carbocycles. The number of rotatable bonds is 16. The van der Waals surface area contributed by atoms with Gasteiger partial charge in [0.15, 0.2) is 0 Å². The number of hydrogen-bond donors (Lipinski definition) is 0. The lowest BCUT2D eigenvalue weighted by Gasteiger charge is -2.24. The minimum atomic E-state index is 0.225. The third kappa shape index (κ3) is 8.11. The minimum absolute atomic E-state index is 0.225. The number of nitrogens with zero attached hydrogens (tertiary/aromatic N) is 1. The Bertz CT molecular complexity index is 2640. The first-order chi connectivity index (χ1) is 27.6. The van der Waals surface area contributed by atoms with Crippen LogP contribution in [0.15, 0.2) is 213 Å². The van der Waals surface area contributed by atoms with Crippen molar-refractivity contribution in [2.45, 2.75) is 19.3 Å². The molecule has 0 spiro atoms. The number of para-hydroxylation sites is 2. The van der Waals surface area contributed by atoms with Crippen molar-refractivity contribution in [1.82, 2.24) is 0 Å². The van der Waals surface area contributed by atoms with Crippen LogP contribution in [-0.2, 0) is 0 Å². The molecule has 0 saturated heterocycles. The van der Waals surface area contributed by atoms with Crippen LogP contribution in [0.5, 0.6) is 0 Å². The summed E-state index contributed by atoms with van der Waals surface area (Å²) in [7, 11) is 0. The van der Waals surface area contributed by atoms with Crippen LogP contribution >= 0.6 is 0 Å². The summed E-state index contributed by atoms with van der Waals surface area (Å²) in [4.78, 5) is 2.29. The van der Waals surface area contributed by atoms with Crippen molar-refractivity contribution in [2.75, 3.05) is 4.90 Å². The monoisotopic (exact) mass is 725 g/mol. The van der Waals surface area contributed by atoms with Gasteiger partial charge in [-0.25, -0.2) is 0 Å². The summed E-state index contributed by atoms with van der Waals surface area (Å²) < 4.78 is 6.82. The molecule has 0 aliphatic rings. The number of benzene rings is 6. The Balaban J connectivity index is 1.31. The topological polar surface area (TPSA) is 16.4 Å². The van der Waals surface area contributed by atoms with Crippen LogP contribution in [0.2, 0.25) is 0 Å². The molecule has 1 atom stereocenters. The Morgan fingerprint density at radius 3 is 2.11 bits per heavy atom. The van der Waals surface area contributed by atoms with Crippen LogP contribution in [0.25, 0.3) is 67.1 Å². The van der Waals surface area contributed by atoms with Gasteiger partial charge in [-0.2, -0.15) is 0 Å². The third-order valence-corrected chi connectivity index (χ3v) is 10.1. The van der Waals surface area contributed by atoms with Gasteiger partial charge in [0.25, 0.3) is 0 Å². The highest BCUT2D eigenvalue weighted by molar-refractivity contribution is 6.17. The Labute approximate surface area is 331 Å². The van der Waals surface area contributed by atoms with E-state index in [-0.39, 0.29) is 5.92 Å². The van der Waals surface area contributed by atoms with Crippen LogP contribution in [0, 0.1) is 5.92 Å². The number of fused-ring (bicyclic) bond motifs is 5. The van der Waals surface area contributed by atoms with Crippen LogP contribution in [0.1, 0.15) is 30.4 Å². The van der Waals surface area contributed by atoms with Crippen molar-refractivity contribution in [1.29, 1.82) is 0 Å². The number of furan rings is 1. The number of hydrogen-bond acceptors (Lipinski definition) is 2. The van der Waals surface area contributed by atoms with Crippen molar-refractivity contribution in [3.05, 3.63) is 220 Å². The molecule has 1 aromatic heterocycles. The predicted molar refractivity (Wildman–Crippen MR) is 245 cm³/mol. The number of allylic oxidation sites excluding steroid dienone is 9. The average molecular weight is 726 g/mol. The van der Waals surface area contributed by atoms with E-state index in [4.69, 9.17) is 4.42 Å². The molecule has 56 heavy (non-hydrogen) atoms. The van der Waals surface area contributed by atoms with E-state index < -0.39 is 0 Å². The molecule has 7 aromatic rings. The molecular formula is C54H47NO. The fraction of sp³-hybridized carbons (Fsp3) is 0.0741. The fourth-order valence-corrected chi connectivity index (χ4v) is 7.23. The molecule has 0 N–H and O–H groups in total. The summed E-state index contributed by atoms with van der Waals surface area (Å²) in [6.07, 6.45) is 27.4. The Kier molecular flexibility index (Phi) is 12.0. The van der Waals surface area contributed by atoms with E-state index in [2.05, 4.69) is 189 Å². The highest BCUT2D eigenvalue weighted by atomic mass is 16.3. The van der Waals surface area contributed by atoms with Gasteiger partial charge in [0, 0.05) is 39.2 Å². The Morgan fingerprint density at radius 2 is 1.30 bits per heavy atom. The van der Waals surface area contributed by atoms with Crippen molar-refractivity contribution in [2.24, 2.45) is 5.92 Å². The number of anilines is 2. The van der Waals surface area contributed by atoms with E-state index in [1.165, 1.54) is 5.39 Å². The molecule has 0 aliphatic heterocycles. The van der Waals surface area contributed by atoms with E-state index in [1.807, 2.05) is 24.3 Å². The van der Waals surface area contributed by atoms with Crippen LogP contribution in [-0.4, -0.2) is 0 Å². The van der Waals surface area contributed by atoms with Crippen LogP contribution < -0.4 is 4.90 Å². The first-order valence-electron chi connectivity index (χ1n) is 19.2.